The normalized spacial score (nSPS) is 15.9. The Labute approximate surface area is 198 Å². The molecule has 4 rings (SSSR count). The van der Waals surface area contributed by atoms with Crippen molar-refractivity contribution in [3.8, 4) is 28.0 Å². The molecular weight excluding hydrogens is 433 g/mol. The second-order valence-corrected chi connectivity index (χ2v) is 8.40. The van der Waals surface area contributed by atoms with Crippen molar-refractivity contribution in [1.82, 2.24) is 0 Å². The van der Waals surface area contributed by atoms with Gasteiger partial charge in [-0.3, -0.25) is 0 Å². The molecular formula is C30H27F3O. The van der Waals surface area contributed by atoms with E-state index in [1.165, 1.54) is 24.3 Å². The summed E-state index contributed by atoms with van der Waals surface area (Å²) in [5, 5.41) is 0. The molecule has 1 unspecified atom stereocenters. The fourth-order valence-electron chi connectivity index (χ4n) is 4.36. The first-order valence-electron chi connectivity index (χ1n) is 11.5. The van der Waals surface area contributed by atoms with E-state index in [-0.39, 0.29) is 23.7 Å². The lowest BCUT2D eigenvalue weighted by Crippen LogP contribution is -2.03. The summed E-state index contributed by atoms with van der Waals surface area (Å²) in [6.07, 6.45) is 10.7. The first-order valence-corrected chi connectivity index (χ1v) is 11.5. The van der Waals surface area contributed by atoms with E-state index in [4.69, 9.17) is 4.74 Å². The summed E-state index contributed by atoms with van der Waals surface area (Å²) >= 11 is 0. The van der Waals surface area contributed by atoms with Gasteiger partial charge in [0.2, 0.25) is 5.82 Å². The van der Waals surface area contributed by atoms with Crippen LogP contribution in [0.25, 0.3) is 27.8 Å². The van der Waals surface area contributed by atoms with Gasteiger partial charge in [0.05, 0.1) is 0 Å². The van der Waals surface area contributed by atoms with Crippen molar-refractivity contribution >= 4 is 5.57 Å². The lowest BCUT2D eigenvalue weighted by Gasteiger charge is -2.20. The molecule has 0 N–H and O–H groups in total. The van der Waals surface area contributed by atoms with E-state index in [1.54, 1.807) is 24.3 Å². The first-order chi connectivity index (χ1) is 16.5. The van der Waals surface area contributed by atoms with Gasteiger partial charge in [-0.25, -0.2) is 8.78 Å². The molecule has 1 aliphatic carbocycles. The largest absolute Gasteiger partial charge is 0.486 e. The van der Waals surface area contributed by atoms with Crippen LogP contribution < -0.4 is 4.74 Å². The highest BCUT2D eigenvalue weighted by Gasteiger charge is 2.17. The molecule has 34 heavy (non-hydrogen) atoms. The van der Waals surface area contributed by atoms with Gasteiger partial charge in [0.25, 0.3) is 0 Å². The number of benzene rings is 3. The van der Waals surface area contributed by atoms with Crippen LogP contribution in [0.2, 0.25) is 0 Å². The van der Waals surface area contributed by atoms with Crippen molar-refractivity contribution < 1.29 is 17.9 Å². The minimum absolute atomic E-state index is 0.0910. The zero-order chi connectivity index (χ0) is 24.1. The molecule has 4 heteroatoms. The number of halogens is 3. The average molecular weight is 461 g/mol. The van der Waals surface area contributed by atoms with Crippen molar-refractivity contribution in [3.63, 3.8) is 0 Å². The highest BCUT2D eigenvalue weighted by Crippen LogP contribution is 2.35. The van der Waals surface area contributed by atoms with Gasteiger partial charge in [-0.05, 0) is 72.6 Å². The summed E-state index contributed by atoms with van der Waals surface area (Å²) in [7, 11) is 0. The highest BCUT2D eigenvalue weighted by molar-refractivity contribution is 5.74. The molecule has 0 saturated carbocycles. The average Bonchev–Trinajstić information content (AvgIpc) is 2.86. The highest BCUT2D eigenvalue weighted by atomic mass is 19.2. The summed E-state index contributed by atoms with van der Waals surface area (Å²) in [4.78, 5) is 0. The standard InChI is InChI=1S/C30H27F3O/c1-3-5-20-6-8-22(9-7-20)25-15-14-24(19-27(25)31)21-10-12-23(13-11-21)26-16-17-28(34-18-4-2)30(33)29(26)32/h3-5,8,10-17,19-20H,2,6-7,9,18H2,1H3/b5-3+. The van der Waals surface area contributed by atoms with Crippen LogP contribution >= 0.6 is 0 Å². The van der Waals surface area contributed by atoms with E-state index in [1.807, 2.05) is 19.1 Å². The Morgan fingerprint density at radius 3 is 2.26 bits per heavy atom. The van der Waals surface area contributed by atoms with Gasteiger partial charge in [0.15, 0.2) is 11.6 Å². The molecule has 0 bridgehead atoms. The van der Waals surface area contributed by atoms with Gasteiger partial charge in [0.1, 0.15) is 12.4 Å². The maximum absolute atomic E-state index is 15.0. The number of allylic oxidation sites excluding steroid dienone is 4. The molecule has 0 spiro atoms. The van der Waals surface area contributed by atoms with Crippen LogP contribution in [0.1, 0.15) is 31.7 Å². The summed E-state index contributed by atoms with van der Waals surface area (Å²) in [6, 6.07) is 15.1. The van der Waals surface area contributed by atoms with Crippen molar-refractivity contribution in [2.24, 2.45) is 5.92 Å². The summed E-state index contributed by atoms with van der Waals surface area (Å²) < 4.78 is 49.0. The maximum atomic E-state index is 15.0. The third-order valence-corrected chi connectivity index (χ3v) is 6.16. The molecule has 0 heterocycles. The zero-order valence-corrected chi connectivity index (χ0v) is 19.2. The minimum Gasteiger partial charge on any atom is -0.486 e. The third-order valence-electron chi connectivity index (χ3n) is 6.16. The predicted molar refractivity (Wildman–Crippen MR) is 133 cm³/mol. The van der Waals surface area contributed by atoms with E-state index in [0.717, 1.165) is 36.0 Å². The molecule has 0 fully saturated rings. The Bertz CT molecular complexity index is 1240. The number of rotatable bonds is 7. The predicted octanol–water partition coefficient (Wildman–Crippen LogP) is 8.76. The van der Waals surface area contributed by atoms with Crippen LogP contribution in [0.3, 0.4) is 0 Å². The molecule has 0 radical (unpaired) electrons. The van der Waals surface area contributed by atoms with Gasteiger partial charge in [0, 0.05) is 11.1 Å². The van der Waals surface area contributed by atoms with Crippen molar-refractivity contribution in [1.29, 1.82) is 0 Å². The molecule has 0 aliphatic heterocycles. The van der Waals surface area contributed by atoms with Crippen molar-refractivity contribution in [2.75, 3.05) is 6.61 Å². The zero-order valence-electron chi connectivity index (χ0n) is 19.2. The van der Waals surface area contributed by atoms with Crippen LogP contribution in [0.15, 0.2) is 85.5 Å². The second-order valence-electron chi connectivity index (χ2n) is 8.40. The number of hydrogen-bond donors (Lipinski definition) is 0. The van der Waals surface area contributed by atoms with Gasteiger partial charge in [-0.15, -0.1) is 0 Å². The van der Waals surface area contributed by atoms with E-state index in [9.17, 15) is 13.2 Å². The molecule has 174 valence electrons. The second kappa shape index (κ2) is 10.6. The van der Waals surface area contributed by atoms with Gasteiger partial charge >= 0.3 is 0 Å². The van der Waals surface area contributed by atoms with E-state index < -0.39 is 11.6 Å². The monoisotopic (exact) mass is 460 g/mol. The molecule has 0 aromatic heterocycles. The van der Waals surface area contributed by atoms with Crippen LogP contribution in [0, 0.1) is 23.4 Å². The van der Waals surface area contributed by atoms with Crippen molar-refractivity contribution in [2.45, 2.75) is 26.2 Å². The Balaban J connectivity index is 1.54. The summed E-state index contributed by atoms with van der Waals surface area (Å²) in [5.41, 5.74) is 3.89. The smallest absolute Gasteiger partial charge is 0.201 e. The van der Waals surface area contributed by atoms with E-state index in [0.29, 0.717) is 17.0 Å². The molecule has 0 saturated heterocycles. The van der Waals surface area contributed by atoms with Gasteiger partial charge in [-0.1, -0.05) is 67.3 Å². The van der Waals surface area contributed by atoms with Crippen LogP contribution in [-0.4, -0.2) is 6.61 Å². The maximum Gasteiger partial charge on any atom is 0.201 e. The Morgan fingerprint density at radius 2 is 1.62 bits per heavy atom. The van der Waals surface area contributed by atoms with Crippen LogP contribution in [0.5, 0.6) is 5.75 Å². The topological polar surface area (TPSA) is 9.23 Å². The van der Waals surface area contributed by atoms with Crippen molar-refractivity contribution in [3.05, 3.63) is 108 Å². The molecule has 1 atom stereocenters. The van der Waals surface area contributed by atoms with E-state index in [2.05, 4.69) is 24.8 Å². The molecule has 1 nitrogen and oxygen atoms in total. The van der Waals surface area contributed by atoms with Gasteiger partial charge < -0.3 is 4.74 Å². The Kier molecular flexibility index (Phi) is 7.36. The fourth-order valence-corrected chi connectivity index (χ4v) is 4.36. The molecule has 0 amide bonds. The van der Waals surface area contributed by atoms with Crippen LogP contribution in [0.4, 0.5) is 13.2 Å². The van der Waals surface area contributed by atoms with Gasteiger partial charge in [-0.2, -0.15) is 4.39 Å². The third kappa shape index (κ3) is 5.01. The lowest BCUT2D eigenvalue weighted by atomic mass is 9.86. The first kappa shape index (κ1) is 23.6. The molecule has 1 aliphatic rings. The Hall–Kier alpha value is -3.53. The molecule has 3 aromatic carbocycles. The summed E-state index contributed by atoms with van der Waals surface area (Å²) in [6.45, 7) is 5.61. The summed E-state index contributed by atoms with van der Waals surface area (Å²) in [5.74, 6) is -1.87. The quantitative estimate of drug-likeness (QED) is 0.320. The van der Waals surface area contributed by atoms with E-state index >= 15 is 0 Å². The SMILES string of the molecule is C=CCOc1ccc(-c2ccc(-c3ccc(C4=CCC(/C=C/C)CC4)c(F)c3)cc2)c(F)c1F. The van der Waals surface area contributed by atoms with Crippen LogP contribution in [-0.2, 0) is 0 Å². The minimum atomic E-state index is -1.03. The number of hydrogen-bond acceptors (Lipinski definition) is 1. The number of ether oxygens (including phenoxy) is 1. The Morgan fingerprint density at radius 1 is 0.912 bits per heavy atom. The molecule has 3 aromatic rings. The fraction of sp³-hybridized carbons (Fsp3) is 0.200. The lowest BCUT2D eigenvalue weighted by molar-refractivity contribution is 0.333.